The molecule has 0 spiro atoms. The third kappa shape index (κ3) is 2.14. The maximum atomic E-state index is 9.14. The molecule has 3 aromatic rings. The van der Waals surface area contributed by atoms with Crippen molar-refractivity contribution in [3.05, 3.63) is 41.7 Å². The Morgan fingerprint density at radius 2 is 2.15 bits per heavy atom. The van der Waals surface area contributed by atoms with E-state index in [4.69, 9.17) is 9.78 Å². The second kappa shape index (κ2) is 4.93. The van der Waals surface area contributed by atoms with E-state index in [-0.39, 0.29) is 5.69 Å². The first-order chi connectivity index (χ1) is 9.78. The Morgan fingerprint density at radius 1 is 1.30 bits per heavy atom. The zero-order chi connectivity index (χ0) is 13.9. The van der Waals surface area contributed by atoms with Crippen molar-refractivity contribution < 1.29 is 4.52 Å². The molecule has 2 heterocycles. The molecule has 0 radical (unpaired) electrons. The van der Waals surface area contributed by atoms with E-state index in [0.717, 1.165) is 10.9 Å². The average molecular weight is 266 g/mol. The van der Waals surface area contributed by atoms with Gasteiger partial charge >= 0.3 is 0 Å². The smallest absolute Gasteiger partial charge is 0.223 e. The van der Waals surface area contributed by atoms with Crippen LogP contribution in [-0.2, 0) is 6.54 Å². The van der Waals surface area contributed by atoms with E-state index in [1.54, 1.807) is 6.92 Å². The van der Waals surface area contributed by atoms with E-state index in [1.165, 1.54) is 0 Å². The Balaban J connectivity index is 1.98. The van der Waals surface area contributed by atoms with Crippen LogP contribution in [0.25, 0.3) is 10.9 Å². The van der Waals surface area contributed by atoms with Gasteiger partial charge in [-0.25, -0.2) is 0 Å². The summed E-state index contributed by atoms with van der Waals surface area (Å²) in [5, 5.41) is 24.8. The zero-order valence-corrected chi connectivity index (χ0v) is 10.7. The van der Waals surface area contributed by atoms with Crippen LogP contribution in [0.1, 0.15) is 17.4 Å². The van der Waals surface area contributed by atoms with Crippen LogP contribution in [0.15, 0.2) is 28.8 Å². The van der Waals surface area contributed by atoms with Gasteiger partial charge in [0.2, 0.25) is 5.89 Å². The molecule has 0 unspecified atom stereocenters. The highest BCUT2D eigenvalue weighted by Crippen LogP contribution is 2.24. The monoisotopic (exact) mass is 266 g/mol. The van der Waals surface area contributed by atoms with Crippen LogP contribution in [0.3, 0.4) is 0 Å². The van der Waals surface area contributed by atoms with Gasteiger partial charge in [0, 0.05) is 12.3 Å². The zero-order valence-electron chi connectivity index (χ0n) is 10.7. The minimum absolute atomic E-state index is 0.240. The van der Waals surface area contributed by atoms with Gasteiger partial charge in [0.25, 0.3) is 0 Å². The van der Waals surface area contributed by atoms with E-state index in [0.29, 0.717) is 23.9 Å². The number of nitrogens with zero attached hydrogens (tertiary/aromatic N) is 5. The van der Waals surface area contributed by atoms with Crippen molar-refractivity contribution >= 4 is 16.6 Å². The van der Waals surface area contributed by atoms with Crippen molar-refractivity contribution in [3.63, 3.8) is 0 Å². The molecule has 0 aliphatic heterocycles. The summed E-state index contributed by atoms with van der Waals surface area (Å²) in [6.45, 7) is 2.07. The van der Waals surface area contributed by atoms with Crippen LogP contribution in [0.4, 0.5) is 5.69 Å². The van der Waals surface area contributed by atoms with Crippen LogP contribution in [0.5, 0.6) is 0 Å². The number of fused-ring (bicyclic) bond motifs is 1. The molecule has 0 fully saturated rings. The van der Waals surface area contributed by atoms with Gasteiger partial charge in [0.1, 0.15) is 6.07 Å². The highest BCUT2D eigenvalue weighted by Gasteiger charge is 2.11. The number of benzene rings is 1. The summed E-state index contributed by atoms with van der Waals surface area (Å²) in [6.07, 6.45) is 0. The lowest BCUT2D eigenvalue weighted by Crippen LogP contribution is -2.05. The molecule has 1 N–H and O–H groups in total. The van der Waals surface area contributed by atoms with Crippen molar-refractivity contribution in [3.8, 4) is 6.07 Å². The van der Waals surface area contributed by atoms with Crippen LogP contribution in [0.2, 0.25) is 0 Å². The maximum absolute atomic E-state index is 9.14. The molecule has 0 bridgehead atoms. The van der Waals surface area contributed by atoms with Crippen molar-refractivity contribution in [2.24, 2.45) is 0 Å². The van der Waals surface area contributed by atoms with Gasteiger partial charge in [-0.3, -0.25) is 0 Å². The number of aromatic nitrogens is 4. The minimum atomic E-state index is 0.240. The van der Waals surface area contributed by atoms with E-state index in [1.807, 2.05) is 30.3 Å². The standard InChI is InChI=1S/C13H10N6O/c1-8-16-12(19-20-8)7-15-13-9-4-2-3-5-10(9)17-18-11(13)6-14/h2-5H,7H2,1H3,(H,15,17). The summed E-state index contributed by atoms with van der Waals surface area (Å²) in [5.41, 5.74) is 1.59. The molecular weight excluding hydrogens is 256 g/mol. The molecular formula is C13H10N6O. The van der Waals surface area contributed by atoms with E-state index < -0.39 is 0 Å². The Bertz CT molecular complexity index is 804. The van der Waals surface area contributed by atoms with Crippen molar-refractivity contribution in [1.82, 2.24) is 20.3 Å². The summed E-state index contributed by atoms with van der Waals surface area (Å²) in [7, 11) is 0. The largest absolute Gasteiger partial charge is 0.375 e. The first kappa shape index (κ1) is 12.0. The molecule has 0 saturated carbocycles. The summed E-state index contributed by atoms with van der Waals surface area (Å²) in [5.74, 6) is 1.02. The summed E-state index contributed by atoms with van der Waals surface area (Å²) < 4.78 is 4.90. The molecule has 3 rings (SSSR count). The van der Waals surface area contributed by atoms with Crippen molar-refractivity contribution in [2.45, 2.75) is 13.5 Å². The topological polar surface area (TPSA) is 101 Å². The summed E-state index contributed by atoms with van der Waals surface area (Å²) >= 11 is 0. The van der Waals surface area contributed by atoms with Gasteiger partial charge in [-0.05, 0) is 6.07 Å². The second-order valence-corrected chi connectivity index (χ2v) is 4.14. The van der Waals surface area contributed by atoms with Gasteiger partial charge < -0.3 is 9.84 Å². The van der Waals surface area contributed by atoms with Gasteiger partial charge in [-0.15, -0.1) is 10.2 Å². The highest BCUT2D eigenvalue weighted by molar-refractivity contribution is 5.92. The Morgan fingerprint density at radius 3 is 2.90 bits per heavy atom. The van der Waals surface area contributed by atoms with E-state index in [2.05, 4.69) is 25.7 Å². The fourth-order valence-corrected chi connectivity index (χ4v) is 1.89. The Labute approximate surface area is 114 Å². The van der Waals surface area contributed by atoms with Crippen molar-refractivity contribution in [1.29, 1.82) is 5.26 Å². The molecule has 0 saturated heterocycles. The number of aryl methyl sites for hydroxylation is 1. The maximum Gasteiger partial charge on any atom is 0.223 e. The normalized spacial score (nSPS) is 10.4. The quantitative estimate of drug-likeness (QED) is 0.771. The van der Waals surface area contributed by atoms with Gasteiger partial charge in [0.05, 0.1) is 17.7 Å². The fraction of sp³-hybridized carbons (Fsp3) is 0.154. The van der Waals surface area contributed by atoms with E-state index in [9.17, 15) is 0 Å². The molecule has 0 atom stereocenters. The van der Waals surface area contributed by atoms with Gasteiger partial charge in [-0.2, -0.15) is 10.2 Å². The van der Waals surface area contributed by atoms with Crippen LogP contribution in [-0.4, -0.2) is 20.3 Å². The van der Waals surface area contributed by atoms with Gasteiger partial charge in [-0.1, -0.05) is 23.4 Å². The SMILES string of the molecule is Cc1nc(CNc2c(C#N)nnc3ccccc23)no1. The summed E-state index contributed by atoms with van der Waals surface area (Å²) in [6, 6.07) is 9.51. The number of nitrogens with one attached hydrogen (secondary N) is 1. The third-order valence-electron chi connectivity index (χ3n) is 2.77. The average Bonchev–Trinajstić information content (AvgIpc) is 2.90. The highest BCUT2D eigenvalue weighted by atomic mass is 16.5. The molecule has 20 heavy (non-hydrogen) atoms. The molecule has 98 valence electrons. The lowest BCUT2D eigenvalue weighted by atomic mass is 10.1. The first-order valence-electron chi connectivity index (χ1n) is 5.96. The number of rotatable bonds is 3. The number of hydrogen-bond acceptors (Lipinski definition) is 7. The van der Waals surface area contributed by atoms with E-state index >= 15 is 0 Å². The van der Waals surface area contributed by atoms with Crippen LogP contribution >= 0.6 is 0 Å². The summed E-state index contributed by atoms with van der Waals surface area (Å²) in [4.78, 5) is 4.10. The molecule has 0 aliphatic rings. The number of hydrogen-bond donors (Lipinski definition) is 1. The number of nitriles is 1. The van der Waals surface area contributed by atoms with Crippen LogP contribution in [0, 0.1) is 18.3 Å². The first-order valence-corrected chi connectivity index (χ1v) is 5.96. The molecule has 1 aromatic carbocycles. The number of anilines is 1. The molecule has 0 amide bonds. The second-order valence-electron chi connectivity index (χ2n) is 4.14. The van der Waals surface area contributed by atoms with Crippen LogP contribution < -0.4 is 5.32 Å². The molecule has 0 aliphatic carbocycles. The minimum Gasteiger partial charge on any atom is -0.375 e. The molecule has 7 nitrogen and oxygen atoms in total. The Hall–Kier alpha value is -3.01. The lowest BCUT2D eigenvalue weighted by molar-refractivity contribution is 0.388. The Kier molecular flexibility index (Phi) is 2.97. The predicted octanol–water partition coefficient (Wildman–Crippen LogP) is 1.80. The van der Waals surface area contributed by atoms with Gasteiger partial charge in [0.15, 0.2) is 11.5 Å². The van der Waals surface area contributed by atoms with Crippen molar-refractivity contribution in [2.75, 3.05) is 5.32 Å². The molecule has 2 aromatic heterocycles. The third-order valence-corrected chi connectivity index (χ3v) is 2.77. The molecule has 7 heteroatoms. The lowest BCUT2D eigenvalue weighted by Gasteiger charge is -2.08. The fourth-order valence-electron chi connectivity index (χ4n) is 1.89. The predicted molar refractivity (Wildman–Crippen MR) is 70.6 cm³/mol.